The zero-order chi connectivity index (χ0) is 12.4. The van der Waals surface area contributed by atoms with Crippen LogP contribution in [0, 0.1) is 0 Å². The molecule has 0 aromatic heterocycles. The van der Waals surface area contributed by atoms with Gasteiger partial charge in [-0.3, -0.25) is 0 Å². The van der Waals surface area contributed by atoms with Crippen molar-refractivity contribution in [1.82, 2.24) is 0 Å². The summed E-state index contributed by atoms with van der Waals surface area (Å²) in [6.45, 7) is 10.3. The molecule has 0 rings (SSSR count). The van der Waals surface area contributed by atoms with Crippen LogP contribution in [0.2, 0.25) is 0 Å². The molecular weight excluding hydrogens is 204 g/mol. The molecule has 0 spiro atoms. The Morgan fingerprint density at radius 1 is 1.38 bits per heavy atom. The summed E-state index contributed by atoms with van der Waals surface area (Å²) in [6, 6.07) is 0. The van der Waals surface area contributed by atoms with Gasteiger partial charge < -0.3 is 9.47 Å². The van der Waals surface area contributed by atoms with E-state index in [1.165, 1.54) is 6.08 Å². The Balaban J connectivity index is 3.73. The first-order chi connectivity index (χ1) is 7.63. The Hall–Kier alpha value is -0.830. The van der Waals surface area contributed by atoms with Crippen LogP contribution in [-0.2, 0) is 14.3 Å². The Morgan fingerprint density at radius 2 is 2.06 bits per heavy atom. The molecule has 0 aliphatic rings. The summed E-state index contributed by atoms with van der Waals surface area (Å²) in [6.07, 6.45) is 5.22. The van der Waals surface area contributed by atoms with Crippen molar-refractivity contribution in [2.75, 3.05) is 6.61 Å². The topological polar surface area (TPSA) is 35.5 Å². The van der Waals surface area contributed by atoms with Gasteiger partial charge in [0.1, 0.15) is 0 Å². The summed E-state index contributed by atoms with van der Waals surface area (Å²) in [7, 11) is 0. The standard InChI is InChI=1S/C13H24O3/c1-5-10-15-12(6-2)9-8-11(4)16-13(14)7-3/h7,11-12H,3,5-6,8-10H2,1-2,4H3. The molecule has 3 nitrogen and oxygen atoms in total. The van der Waals surface area contributed by atoms with Gasteiger partial charge in [-0.2, -0.15) is 0 Å². The third-order valence-corrected chi connectivity index (χ3v) is 2.39. The lowest BCUT2D eigenvalue weighted by Crippen LogP contribution is -2.18. The van der Waals surface area contributed by atoms with Crippen LogP contribution in [0.5, 0.6) is 0 Å². The highest BCUT2D eigenvalue weighted by molar-refractivity contribution is 5.81. The van der Waals surface area contributed by atoms with Crippen LogP contribution < -0.4 is 0 Å². The van der Waals surface area contributed by atoms with Crippen molar-refractivity contribution < 1.29 is 14.3 Å². The molecule has 0 N–H and O–H groups in total. The maximum absolute atomic E-state index is 10.9. The summed E-state index contributed by atoms with van der Waals surface area (Å²) in [4.78, 5) is 10.9. The van der Waals surface area contributed by atoms with Crippen molar-refractivity contribution in [2.45, 2.75) is 58.7 Å². The van der Waals surface area contributed by atoms with E-state index in [1.54, 1.807) is 0 Å². The number of hydrogen-bond donors (Lipinski definition) is 0. The second-order valence-corrected chi connectivity index (χ2v) is 3.93. The van der Waals surface area contributed by atoms with E-state index in [-0.39, 0.29) is 18.2 Å². The van der Waals surface area contributed by atoms with Crippen molar-refractivity contribution in [2.24, 2.45) is 0 Å². The Morgan fingerprint density at radius 3 is 2.56 bits per heavy atom. The van der Waals surface area contributed by atoms with E-state index >= 15 is 0 Å². The molecule has 0 fully saturated rings. The molecule has 2 atom stereocenters. The second-order valence-electron chi connectivity index (χ2n) is 3.93. The van der Waals surface area contributed by atoms with Crippen LogP contribution in [0.1, 0.15) is 46.5 Å². The van der Waals surface area contributed by atoms with Crippen molar-refractivity contribution in [3.8, 4) is 0 Å². The van der Waals surface area contributed by atoms with Gasteiger partial charge in [-0.25, -0.2) is 4.79 Å². The molecule has 16 heavy (non-hydrogen) atoms. The summed E-state index contributed by atoms with van der Waals surface area (Å²) < 4.78 is 10.7. The smallest absolute Gasteiger partial charge is 0.330 e. The highest BCUT2D eigenvalue weighted by Gasteiger charge is 2.11. The first-order valence-corrected chi connectivity index (χ1v) is 6.08. The number of rotatable bonds is 9. The molecule has 0 aliphatic carbocycles. The van der Waals surface area contributed by atoms with Crippen LogP contribution in [0.4, 0.5) is 0 Å². The number of ether oxygens (including phenoxy) is 2. The van der Waals surface area contributed by atoms with Crippen LogP contribution in [0.15, 0.2) is 12.7 Å². The van der Waals surface area contributed by atoms with E-state index in [0.29, 0.717) is 0 Å². The molecule has 0 saturated carbocycles. The number of esters is 1. The molecule has 3 heteroatoms. The first kappa shape index (κ1) is 15.2. The molecular formula is C13H24O3. The fraction of sp³-hybridized carbons (Fsp3) is 0.769. The number of hydrogen-bond acceptors (Lipinski definition) is 3. The van der Waals surface area contributed by atoms with Gasteiger partial charge in [0, 0.05) is 12.7 Å². The average Bonchev–Trinajstić information content (AvgIpc) is 2.29. The fourth-order valence-electron chi connectivity index (χ4n) is 1.42. The molecule has 0 saturated heterocycles. The summed E-state index contributed by atoms with van der Waals surface area (Å²) in [5.74, 6) is -0.352. The fourth-order valence-corrected chi connectivity index (χ4v) is 1.42. The summed E-state index contributed by atoms with van der Waals surface area (Å²) in [5.41, 5.74) is 0. The molecule has 0 aromatic rings. The minimum Gasteiger partial charge on any atom is -0.460 e. The number of carbonyl (C=O) groups excluding carboxylic acids is 1. The molecule has 94 valence electrons. The van der Waals surface area contributed by atoms with E-state index in [1.807, 2.05) is 6.92 Å². The lowest BCUT2D eigenvalue weighted by molar-refractivity contribution is -0.142. The highest BCUT2D eigenvalue weighted by atomic mass is 16.5. The average molecular weight is 228 g/mol. The van der Waals surface area contributed by atoms with E-state index in [9.17, 15) is 4.79 Å². The van der Waals surface area contributed by atoms with E-state index < -0.39 is 0 Å². The van der Waals surface area contributed by atoms with E-state index in [4.69, 9.17) is 9.47 Å². The van der Waals surface area contributed by atoms with Gasteiger partial charge in [-0.1, -0.05) is 20.4 Å². The van der Waals surface area contributed by atoms with Crippen molar-refractivity contribution in [1.29, 1.82) is 0 Å². The first-order valence-electron chi connectivity index (χ1n) is 6.08. The molecule has 0 aromatic carbocycles. The monoisotopic (exact) mass is 228 g/mol. The molecule has 0 amide bonds. The predicted octanol–water partition coefficient (Wildman–Crippen LogP) is 3.09. The van der Waals surface area contributed by atoms with Gasteiger partial charge >= 0.3 is 5.97 Å². The SMILES string of the molecule is C=CC(=O)OC(C)CCC(CC)OCCC. The number of carbonyl (C=O) groups is 1. The van der Waals surface area contributed by atoms with Crippen LogP contribution in [0.25, 0.3) is 0 Å². The summed E-state index contributed by atoms with van der Waals surface area (Å²) >= 11 is 0. The molecule has 0 heterocycles. The lowest BCUT2D eigenvalue weighted by Gasteiger charge is -2.18. The van der Waals surface area contributed by atoms with Gasteiger partial charge in [0.05, 0.1) is 12.2 Å². The van der Waals surface area contributed by atoms with Crippen molar-refractivity contribution in [3.05, 3.63) is 12.7 Å². The van der Waals surface area contributed by atoms with Crippen molar-refractivity contribution in [3.63, 3.8) is 0 Å². The zero-order valence-corrected chi connectivity index (χ0v) is 10.7. The van der Waals surface area contributed by atoms with Crippen LogP contribution in [0.3, 0.4) is 0 Å². The minimum absolute atomic E-state index is 0.0650. The molecule has 2 unspecified atom stereocenters. The zero-order valence-electron chi connectivity index (χ0n) is 10.7. The molecule has 0 bridgehead atoms. The van der Waals surface area contributed by atoms with Gasteiger partial charge in [0.25, 0.3) is 0 Å². The largest absolute Gasteiger partial charge is 0.460 e. The molecule has 0 radical (unpaired) electrons. The van der Waals surface area contributed by atoms with Crippen molar-refractivity contribution >= 4 is 5.97 Å². The Bertz CT molecular complexity index is 201. The van der Waals surface area contributed by atoms with Gasteiger partial charge in [0.2, 0.25) is 0 Å². The van der Waals surface area contributed by atoms with Gasteiger partial charge in [-0.15, -0.1) is 0 Å². The highest BCUT2D eigenvalue weighted by Crippen LogP contribution is 2.11. The van der Waals surface area contributed by atoms with Gasteiger partial charge in [0.15, 0.2) is 0 Å². The third kappa shape index (κ3) is 7.46. The minimum atomic E-state index is -0.352. The Labute approximate surface area is 98.8 Å². The van der Waals surface area contributed by atoms with Gasteiger partial charge in [-0.05, 0) is 32.6 Å². The van der Waals surface area contributed by atoms with Crippen LogP contribution in [-0.4, -0.2) is 24.8 Å². The van der Waals surface area contributed by atoms with Crippen LogP contribution >= 0.6 is 0 Å². The predicted molar refractivity (Wildman–Crippen MR) is 65.3 cm³/mol. The quantitative estimate of drug-likeness (QED) is 0.449. The maximum Gasteiger partial charge on any atom is 0.330 e. The van der Waals surface area contributed by atoms with E-state index in [0.717, 1.165) is 32.3 Å². The Kier molecular flexibility index (Phi) is 8.91. The summed E-state index contributed by atoms with van der Waals surface area (Å²) in [5, 5.41) is 0. The third-order valence-electron chi connectivity index (χ3n) is 2.39. The maximum atomic E-state index is 10.9. The second kappa shape index (κ2) is 9.40. The molecule has 0 aliphatic heterocycles. The lowest BCUT2D eigenvalue weighted by atomic mass is 10.1. The van der Waals surface area contributed by atoms with E-state index in [2.05, 4.69) is 20.4 Å². The normalized spacial score (nSPS) is 14.2.